The second-order valence-electron chi connectivity index (χ2n) is 16.3. The van der Waals surface area contributed by atoms with Gasteiger partial charge in [0.25, 0.3) is 0 Å². The summed E-state index contributed by atoms with van der Waals surface area (Å²) in [6.07, 6.45) is 65.6. The zero-order valence-corrected chi connectivity index (χ0v) is 40.1. The van der Waals surface area contributed by atoms with Gasteiger partial charge in [-0.05, 0) is 103 Å². The molecule has 0 radical (unpaired) electrons. The predicted octanol–water partition coefficient (Wildman–Crippen LogP) is 16.6. The van der Waals surface area contributed by atoms with Gasteiger partial charge in [-0.2, -0.15) is 0 Å². The monoisotopic (exact) mass is 861 g/mol. The number of hydrogen-bond donors (Lipinski definition) is 0. The van der Waals surface area contributed by atoms with E-state index >= 15 is 0 Å². The number of allylic oxidation sites excluding steroid dienone is 16. The Labute approximate surface area is 381 Å². The Morgan fingerprint density at radius 3 is 1.05 bits per heavy atom. The maximum atomic E-state index is 12.7. The van der Waals surface area contributed by atoms with Gasteiger partial charge in [0.05, 0.1) is 0 Å². The van der Waals surface area contributed by atoms with Crippen LogP contribution in [0.3, 0.4) is 0 Å². The summed E-state index contributed by atoms with van der Waals surface area (Å²) in [6.45, 7) is 6.38. The average Bonchev–Trinajstić information content (AvgIpc) is 3.27. The van der Waals surface area contributed by atoms with Crippen molar-refractivity contribution in [1.29, 1.82) is 0 Å². The third kappa shape index (κ3) is 47.4. The van der Waals surface area contributed by atoms with E-state index in [1.165, 1.54) is 70.6 Å². The molecule has 0 aromatic carbocycles. The molecule has 0 spiro atoms. The molecule has 0 bridgehead atoms. The molecule has 6 heteroatoms. The Hall–Kier alpha value is -3.67. The summed E-state index contributed by atoms with van der Waals surface area (Å²) in [5.41, 5.74) is 0. The van der Waals surface area contributed by atoms with Crippen LogP contribution in [-0.2, 0) is 28.6 Å². The third-order valence-electron chi connectivity index (χ3n) is 10.3. The van der Waals surface area contributed by atoms with Gasteiger partial charge in [0.2, 0.25) is 0 Å². The van der Waals surface area contributed by atoms with Gasteiger partial charge in [-0.1, -0.05) is 195 Å². The molecule has 0 aliphatic rings. The van der Waals surface area contributed by atoms with Crippen molar-refractivity contribution < 1.29 is 28.6 Å². The Morgan fingerprint density at radius 2 is 0.629 bits per heavy atom. The number of rotatable bonds is 44. The third-order valence-corrected chi connectivity index (χ3v) is 10.3. The van der Waals surface area contributed by atoms with Crippen molar-refractivity contribution in [2.45, 2.75) is 226 Å². The van der Waals surface area contributed by atoms with Crippen molar-refractivity contribution in [3.8, 4) is 0 Å². The largest absolute Gasteiger partial charge is 0.462 e. The van der Waals surface area contributed by atoms with Crippen LogP contribution in [-0.4, -0.2) is 37.2 Å². The molecule has 0 aliphatic carbocycles. The smallest absolute Gasteiger partial charge is 0.306 e. The van der Waals surface area contributed by atoms with Crippen molar-refractivity contribution >= 4 is 17.9 Å². The first-order chi connectivity index (χ1) is 30.5. The molecule has 0 rings (SSSR count). The van der Waals surface area contributed by atoms with Gasteiger partial charge in [-0.15, -0.1) is 0 Å². The molecule has 0 fully saturated rings. The van der Waals surface area contributed by atoms with Crippen LogP contribution in [0.15, 0.2) is 97.2 Å². The van der Waals surface area contributed by atoms with E-state index in [-0.39, 0.29) is 31.1 Å². The van der Waals surface area contributed by atoms with E-state index in [9.17, 15) is 14.4 Å². The van der Waals surface area contributed by atoms with E-state index in [4.69, 9.17) is 14.2 Å². The quantitative estimate of drug-likeness (QED) is 0.0263. The normalized spacial score (nSPS) is 12.9. The number of carbonyl (C=O) groups is 3. The molecule has 0 amide bonds. The van der Waals surface area contributed by atoms with Crippen LogP contribution >= 0.6 is 0 Å². The van der Waals surface area contributed by atoms with Gasteiger partial charge in [0.15, 0.2) is 6.10 Å². The number of ether oxygens (including phenoxy) is 3. The maximum absolute atomic E-state index is 12.7. The molecular formula is C56H92O6. The van der Waals surface area contributed by atoms with E-state index in [0.717, 1.165) is 109 Å². The van der Waals surface area contributed by atoms with Gasteiger partial charge < -0.3 is 14.2 Å². The SMILES string of the molecule is CC/C=C\C/C=C\C/C=C\C/C=C\C/C=C\C/C=C\CCCCC(=O)OCC(COC(=O)CCCCCCCC)OC(=O)CCCCCCCCC/C=C\C/C=C\CCCCC. The zero-order chi connectivity index (χ0) is 45.1. The van der Waals surface area contributed by atoms with E-state index in [1.54, 1.807) is 0 Å². The van der Waals surface area contributed by atoms with E-state index in [0.29, 0.717) is 19.3 Å². The average molecular weight is 861 g/mol. The van der Waals surface area contributed by atoms with Crippen molar-refractivity contribution in [2.24, 2.45) is 0 Å². The van der Waals surface area contributed by atoms with E-state index in [2.05, 4.69) is 118 Å². The summed E-state index contributed by atoms with van der Waals surface area (Å²) in [5, 5.41) is 0. The Kier molecular flexibility index (Phi) is 47.0. The molecule has 0 saturated heterocycles. The fourth-order valence-electron chi connectivity index (χ4n) is 6.53. The fraction of sp³-hybridized carbons (Fsp3) is 0.661. The van der Waals surface area contributed by atoms with Crippen LogP contribution < -0.4 is 0 Å². The lowest BCUT2D eigenvalue weighted by molar-refractivity contribution is -0.167. The number of carbonyl (C=O) groups excluding carboxylic acids is 3. The molecular weight excluding hydrogens is 769 g/mol. The van der Waals surface area contributed by atoms with Crippen LogP contribution in [0.1, 0.15) is 220 Å². The van der Waals surface area contributed by atoms with Crippen LogP contribution in [0.2, 0.25) is 0 Å². The zero-order valence-electron chi connectivity index (χ0n) is 40.1. The van der Waals surface area contributed by atoms with E-state index in [1.807, 2.05) is 0 Å². The molecule has 6 nitrogen and oxygen atoms in total. The molecule has 0 aliphatic heterocycles. The summed E-state index contributed by atoms with van der Waals surface area (Å²) in [7, 11) is 0. The Bertz CT molecular complexity index is 1260. The van der Waals surface area contributed by atoms with Crippen LogP contribution in [0.5, 0.6) is 0 Å². The highest BCUT2D eigenvalue weighted by Crippen LogP contribution is 2.13. The lowest BCUT2D eigenvalue weighted by Gasteiger charge is -2.18. The molecule has 0 aromatic rings. The highest BCUT2D eigenvalue weighted by atomic mass is 16.6. The van der Waals surface area contributed by atoms with Gasteiger partial charge in [0.1, 0.15) is 13.2 Å². The molecule has 1 unspecified atom stereocenters. The maximum Gasteiger partial charge on any atom is 0.306 e. The second kappa shape index (κ2) is 50.0. The highest BCUT2D eigenvalue weighted by molar-refractivity contribution is 5.71. The fourth-order valence-corrected chi connectivity index (χ4v) is 6.53. The predicted molar refractivity (Wildman–Crippen MR) is 265 cm³/mol. The van der Waals surface area contributed by atoms with Gasteiger partial charge in [0, 0.05) is 19.3 Å². The second-order valence-corrected chi connectivity index (χ2v) is 16.3. The van der Waals surface area contributed by atoms with Crippen molar-refractivity contribution in [3.63, 3.8) is 0 Å². The standard InChI is InChI=1S/C56H92O6/c1-4-7-10-13-16-18-20-22-24-26-27-28-29-31-32-34-36-38-40-43-46-49-55(58)61-52-53(51-60-54(57)48-45-42-15-12-9-6-3)62-56(59)50-47-44-41-39-37-35-33-30-25-23-21-19-17-14-11-8-5-2/h7,10,16-19,22-25,27-28,31-32,36,38,53H,4-6,8-9,11-15,20-21,26,29-30,33-35,37,39-52H2,1-3H3/b10-7-,18-16-,19-17-,24-22-,25-23-,28-27-,32-31-,38-36-. The molecule has 1 atom stereocenters. The first-order valence-corrected chi connectivity index (χ1v) is 25.2. The molecule has 0 N–H and O–H groups in total. The topological polar surface area (TPSA) is 78.9 Å². The molecule has 0 heterocycles. The Balaban J connectivity index is 4.34. The first kappa shape index (κ1) is 58.3. The van der Waals surface area contributed by atoms with Crippen molar-refractivity contribution in [1.82, 2.24) is 0 Å². The molecule has 352 valence electrons. The summed E-state index contributed by atoms with van der Waals surface area (Å²) in [6, 6.07) is 0. The number of unbranched alkanes of at least 4 members (excludes halogenated alkanes) is 17. The van der Waals surface area contributed by atoms with Crippen molar-refractivity contribution in [3.05, 3.63) is 97.2 Å². The molecule has 0 aromatic heterocycles. The minimum atomic E-state index is -0.797. The summed E-state index contributed by atoms with van der Waals surface area (Å²) >= 11 is 0. The van der Waals surface area contributed by atoms with Crippen LogP contribution in [0.4, 0.5) is 0 Å². The number of hydrogen-bond acceptors (Lipinski definition) is 6. The minimum Gasteiger partial charge on any atom is -0.462 e. The summed E-state index contributed by atoms with van der Waals surface area (Å²) in [5.74, 6) is -0.964. The molecule has 0 saturated carbocycles. The summed E-state index contributed by atoms with van der Waals surface area (Å²) < 4.78 is 16.6. The van der Waals surface area contributed by atoms with E-state index < -0.39 is 6.10 Å². The lowest BCUT2D eigenvalue weighted by Crippen LogP contribution is -2.30. The Morgan fingerprint density at radius 1 is 0.339 bits per heavy atom. The van der Waals surface area contributed by atoms with Crippen LogP contribution in [0, 0.1) is 0 Å². The van der Waals surface area contributed by atoms with Crippen LogP contribution in [0.25, 0.3) is 0 Å². The van der Waals surface area contributed by atoms with Gasteiger partial charge in [-0.3, -0.25) is 14.4 Å². The lowest BCUT2D eigenvalue weighted by atomic mass is 10.1. The highest BCUT2D eigenvalue weighted by Gasteiger charge is 2.19. The molecule has 62 heavy (non-hydrogen) atoms. The van der Waals surface area contributed by atoms with Crippen molar-refractivity contribution in [2.75, 3.05) is 13.2 Å². The summed E-state index contributed by atoms with van der Waals surface area (Å²) in [4.78, 5) is 37.7. The minimum absolute atomic E-state index is 0.0959. The van der Waals surface area contributed by atoms with Gasteiger partial charge in [-0.25, -0.2) is 0 Å². The number of esters is 3. The van der Waals surface area contributed by atoms with Gasteiger partial charge >= 0.3 is 17.9 Å². The first-order valence-electron chi connectivity index (χ1n) is 25.2.